The minimum absolute atomic E-state index is 0. The predicted octanol–water partition coefficient (Wildman–Crippen LogP) is 2.72. The molecule has 2 rings (SSSR count). The second kappa shape index (κ2) is 7.87. The molecule has 0 saturated carbocycles. The molecular formula is C13H16Cl2N4O2. The highest BCUT2D eigenvalue weighted by Gasteiger charge is 2.09. The summed E-state index contributed by atoms with van der Waals surface area (Å²) in [4.78, 5) is 7.95. The fourth-order valence-electron chi connectivity index (χ4n) is 1.46. The van der Waals surface area contributed by atoms with Gasteiger partial charge in [-0.1, -0.05) is 11.6 Å². The highest BCUT2D eigenvalue weighted by Crippen LogP contribution is 2.28. The molecule has 1 aromatic heterocycles. The SMILES string of the molecule is CC(O)CNc1nc(N)ncc1Oc1ccc(Cl)cc1.Cl. The van der Waals surface area contributed by atoms with Gasteiger partial charge in [0, 0.05) is 11.6 Å². The summed E-state index contributed by atoms with van der Waals surface area (Å²) < 4.78 is 5.67. The zero-order chi connectivity index (χ0) is 14.5. The van der Waals surface area contributed by atoms with Crippen LogP contribution in [0.2, 0.25) is 5.02 Å². The third-order valence-electron chi connectivity index (χ3n) is 2.38. The van der Waals surface area contributed by atoms with E-state index in [2.05, 4.69) is 15.3 Å². The Balaban J connectivity index is 0.00000220. The Bertz CT molecular complexity index is 579. The minimum atomic E-state index is -0.519. The maximum atomic E-state index is 9.30. The van der Waals surface area contributed by atoms with E-state index in [0.717, 1.165) is 0 Å². The lowest BCUT2D eigenvalue weighted by molar-refractivity contribution is 0.208. The first-order chi connectivity index (χ1) is 9.54. The smallest absolute Gasteiger partial charge is 0.222 e. The number of nitrogens with two attached hydrogens (primary N) is 1. The van der Waals surface area contributed by atoms with Gasteiger partial charge in [-0.15, -0.1) is 12.4 Å². The molecule has 1 heterocycles. The highest BCUT2D eigenvalue weighted by molar-refractivity contribution is 6.30. The predicted molar refractivity (Wildman–Crippen MR) is 85.4 cm³/mol. The molecule has 1 aromatic carbocycles. The summed E-state index contributed by atoms with van der Waals surface area (Å²) in [6.07, 6.45) is 0.955. The Hall–Kier alpha value is -1.76. The molecule has 0 aliphatic rings. The van der Waals surface area contributed by atoms with E-state index < -0.39 is 6.10 Å². The van der Waals surface area contributed by atoms with Crippen LogP contribution in [0.5, 0.6) is 11.5 Å². The van der Waals surface area contributed by atoms with E-state index in [9.17, 15) is 5.11 Å². The van der Waals surface area contributed by atoms with Crippen LogP contribution in [0.15, 0.2) is 30.5 Å². The summed E-state index contributed by atoms with van der Waals surface area (Å²) in [5, 5.41) is 12.9. The number of nitrogens with zero attached hydrogens (tertiary/aromatic N) is 2. The van der Waals surface area contributed by atoms with Crippen molar-refractivity contribution in [1.82, 2.24) is 9.97 Å². The van der Waals surface area contributed by atoms with Gasteiger partial charge in [-0.3, -0.25) is 0 Å². The molecule has 0 aliphatic heterocycles. The molecule has 0 fully saturated rings. The molecule has 4 N–H and O–H groups in total. The van der Waals surface area contributed by atoms with Gasteiger partial charge in [-0.05, 0) is 31.2 Å². The summed E-state index contributed by atoms with van der Waals surface area (Å²) in [5.74, 6) is 1.57. The molecule has 6 nitrogen and oxygen atoms in total. The molecule has 1 atom stereocenters. The first kappa shape index (κ1) is 17.3. The van der Waals surface area contributed by atoms with E-state index in [4.69, 9.17) is 22.1 Å². The maximum absolute atomic E-state index is 9.30. The Kier molecular flexibility index (Phi) is 6.48. The number of hydrogen-bond donors (Lipinski definition) is 3. The Morgan fingerprint density at radius 3 is 2.67 bits per heavy atom. The molecule has 2 aromatic rings. The van der Waals surface area contributed by atoms with Gasteiger partial charge in [-0.2, -0.15) is 4.98 Å². The molecule has 0 spiro atoms. The fraction of sp³-hybridized carbons (Fsp3) is 0.231. The Morgan fingerprint density at radius 1 is 1.38 bits per heavy atom. The average molecular weight is 331 g/mol. The highest BCUT2D eigenvalue weighted by atomic mass is 35.5. The largest absolute Gasteiger partial charge is 0.452 e. The maximum Gasteiger partial charge on any atom is 0.222 e. The van der Waals surface area contributed by atoms with Gasteiger partial charge in [0.15, 0.2) is 11.6 Å². The monoisotopic (exact) mass is 330 g/mol. The molecule has 1 unspecified atom stereocenters. The number of anilines is 2. The van der Waals surface area contributed by atoms with Gasteiger partial charge < -0.3 is 20.9 Å². The number of aliphatic hydroxyl groups excluding tert-OH is 1. The topological polar surface area (TPSA) is 93.3 Å². The third-order valence-corrected chi connectivity index (χ3v) is 2.63. The van der Waals surface area contributed by atoms with Crippen LogP contribution in [0.4, 0.5) is 11.8 Å². The lowest BCUT2D eigenvalue weighted by Gasteiger charge is -2.13. The van der Waals surface area contributed by atoms with Crippen molar-refractivity contribution in [2.24, 2.45) is 0 Å². The van der Waals surface area contributed by atoms with E-state index >= 15 is 0 Å². The normalized spacial score (nSPS) is 11.4. The van der Waals surface area contributed by atoms with Gasteiger partial charge >= 0.3 is 0 Å². The van der Waals surface area contributed by atoms with Crippen LogP contribution >= 0.6 is 24.0 Å². The zero-order valence-electron chi connectivity index (χ0n) is 11.3. The molecule has 0 bridgehead atoms. The van der Waals surface area contributed by atoms with Crippen LogP contribution in [0.3, 0.4) is 0 Å². The van der Waals surface area contributed by atoms with Crippen LogP contribution in [-0.4, -0.2) is 27.7 Å². The molecule has 0 radical (unpaired) electrons. The van der Waals surface area contributed by atoms with Crippen LogP contribution in [0, 0.1) is 0 Å². The van der Waals surface area contributed by atoms with Gasteiger partial charge in [0.05, 0.1) is 12.3 Å². The van der Waals surface area contributed by atoms with E-state index in [1.165, 1.54) is 6.20 Å². The second-order valence-electron chi connectivity index (χ2n) is 4.23. The van der Waals surface area contributed by atoms with Crippen LogP contribution in [0.1, 0.15) is 6.92 Å². The number of hydrogen-bond acceptors (Lipinski definition) is 6. The second-order valence-corrected chi connectivity index (χ2v) is 4.66. The summed E-state index contributed by atoms with van der Waals surface area (Å²) >= 11 is 5.81. The number of halogens is 2. The van der Waals surface area contributed by atoms with E-state index in [1.54, 1.807) is 31.2 Å². The van der Waals surface area contributed by atoms with Crippen LogP contribution < -0.4 is 15.8 Å². The standard InChI is InChI=1S/C13H15ClN4O2.ClH/c1-8(19)6-16-12-11(7-17-13(15)18-12)20-10-4-2-9(14)3-5-10;/h2-5,7-8,19H,6H2,1H3,(H3,15,16,17,18);1H. The fourth-order valence-corrected chi connectivity index (χ4v) is 1.59. The molecule has 114 valence electrons. The van der Waals surface area contributed by atoms with Crippen molar-refractivity contribution in [2.75, 3.05) is 17.6 Å². The first-order valence-electron chi connectivity index (χ1n) is 6.02. The quantitative estimate of drug-likeness (QED) is 0.780. The summed E-state index contributed by atoms with van der Waals surface area (Å²) in [7, 11) is 0. The number of ether oxygens (including phenoxy) is 1. The molecule has 8 heteroatoms. The number of nitrogen functional groups attached to an aromatic ring is 1. The summed E-state index contributed by atoms with van der Waals surface area (Å²) in [6.45, 7) is 1.99. The van der Waals surface area contributed by atoms with Crippen molar-refractivity contribution in [3.63, 3.8) is 0 Å². The van der Waals surface area contributed by atoms with Crippen molar-refractivity contribution in [3.05, 3.63) is 35.5 Å². The van der Waals surface area contributed by atoms with Crippen molar-refractivity contribution in [2.45, 2.75) is 13.0 Å². The lowest BCUT2D eigenvalue weighted by atomic mass is 10.3. The van der Waals surface area contributed by atoms with Gasteiger partial charge in [0.25, 0.3) is 0 Å². The minimum Gasteiger partial charge on any atom is -0.452 e. The van der Waals surface area contributed by atoms with Crippen LogP contribution in [0.25, 0.3) is 0 Å². The van der Waals surface area contributed by atoms with Crippen molar-refractivity contribution < 1.29 is 9.84 Å². The van der Waals surface area contributed by atoms with E-state index in [-0.39, 0.29) is 18.4 Å². The van der Waals surface area contributed by atoms with Gasteiger partial charge in [0.2, 0.25) is 5.95 Å². The third kappa shape index (κ3) is 5.26. The molecule has 21 heavy (non-hydrogen) atoms. The number of benzene rings is 1. The number of rotatable bonds is 5. The summed E-state index contributed by atoms with van der Waals surface area (Å²) in [5.41, 5.74) is 5.55. The Labute approximate surface area is 133 Å². The number of aliphatic hydroxyl groups is 1. The zero-order valence-corrected chi connectivity index (χ0v) is 12.9. The van der Waals surface area contributed by atoms with Crippen molar-refractivity contribution in [3.8, 4) is 11.5 Å². The van der Waals surface area contributed by atoms with E-state index in [0.29, 0.717) is 28.9 Å². The molecule has 0 amide bonds. The van der Waals surface area contributed by atoms with Crippen molar-refractivity contribution >= 4 is 35.8 Å². The first-order valence-corrected chi connectivity index (χ1v) is 6.40. The molecule has 0 aliphatic carbocycles. The van der Waals surface area contributed by atoms with E-state index in [1.807, 2.05) is 0 Å². The Morgan fingerprint density at radius 2 is 2.05 bits per heavy atom. The number of aromatic nitrogens is 2. The van der Waals surface area contributed by atoms with Crippen LogP contribution in [-0.2, 0) is 0 Å². The summed E-state index contributed by atoms with van der Waals surface area (Å²) in [6, 6.07) is 6.91. The lowest BCUT2D eigenvalue weighted by Crippen LogP contribution is -2.17. The average Bonchev–Trinajstić information content (AvgIpc) is 2.41. The van der Waals surface area contributed by atoms with Gasteiger partial charge in [0.1, 0.15) is 5.75 Å². The molecular weight excluding hydrogens is 315 g/mol. The van der Waals surface area contributed by atoms with Crippen molar-refractivity contribution in [1.29, 1.82) is 0 Å². The van der Waals surface area contributed by atoms with Gasteiger partial charge in [-0.25, -0.2) is 4.98 Å². The molecule has 0 saturated heterocycles. The number of nitrogens with one attached hydrogen (secondary N) is 1.